The Hall–Kier alpha value is -2.96. The lowest BCUT2D eigenvalue weighted by atomic mass is 10.1. The Labute approximate surface area is 172 Å². The molecule has 0 saturated heterocycles. The molecule has 164 valence electrons. The summed E-state index contributed by atoms with van der Waals surface area (Å²) < 4.78 is 78.2. The molecule has 6 nitrogen and oxygen atoms in total. The van der Waals surface area contributed by atoms with Gasteiger partial charge >= 0.3 is 24.7 Å². The van der Waals surface area contributed by atoms with E-state index in [0.29, 0.717) is 0 Å². The first-order chi connectivity index (χ1) is 13.6. The quantitative estimate of drug-likeness (QED) is 0.523. The van der Waals surface area contributed by atoms with E-state index in [1.165, 1.54) is 6.92 Å². The second-order valence-corrected chi connectivity index (χ2v) is 6.19. The van der Waals surface area contributed by atoms with Crippen LogP contribution < -0.4 is 9.47 Å². The number of carboxylic acid groups (broad SMARTS) is 2. The molecular weight excluding hydrogens is 494 g/mol. The summed E-state index contributed by atoms with van der Waals surface area (Å²) in [6.45, 7) is 1.34. The van der Waals surface area contributed by atoms with Crippen LogP contribution in [0.3, 0.4) is 0 Å². The molecule has 2 aromatic rings. The van der Waals surface area contributed by atoms with Crippen molar-refractivity contribution < 1.29 is 55.6 Å². The van der Waals surface area contributed by atoms with Crippen molar-refractivity contribution in [3.63, 3.8) is 0 Å². The second-order valence-electron chi connectivity index (χ2n) is 5.33. The van der Waals surface area contributed by atoms with E-state index in [4.69, 9.17) is 10.2 Å². The van der Waals surface area contributed by atoms with E-state index in [9.17, 15) is 35.9 Å². The van der Waals surface area contributed by atoms with Gasteiger partial charge in [0.25, 0.3) is 0 Å². The van der Waals surface area contributed by atoms with Crippen molar-refractivity contribution >= 4 is 27.9 Å². The van der Waals surface area contributed by atoms with Gasteiger partial charge in [-0.25, -0.2) is 9.59 Å². The first kappa shape index (κ1) is 25.1. The molecule has 0 radical (unpaired) electrons. The molecule has 2 rings (SSSR count). The summed E-state index contributed by atoms with van der Waals surface area (Å²) in [5.41, 5.74) is -0.0920. The number of hydrogen-bond donors (Lipinski definition) is 2. The maximum Gasteiger partial charge on any atom is 0.573 e. The molecule has 0 spiro atoms. The Balaban J connectivity index is 0.000000300. The molecular formula is C17H11BrF6O6. The van der Waals surface area contributed by atoms with Gasteiger partial charge in [-0.3, -0.25) is 0 Å². The number of halogens is 7. The lowest BCUT2D eigenvalue weighted by molar-refractivity contribution is -0.275. The third-order valence-electron chi connectivity index (χ3n) is 3.05. The summed E-state index contributed by atoms with van der Waals surface area (Å²) in [6, 6.07) is 6.13. The number of benzene rings is 2. The number of aromatic carboxylic acids is 2. The molecule has 0 aliphatic rings. The van der Waals surface area contributed by atoms with Crippen LogP contribution >= 0.6 is 15.9 Å². The average molecular weight is 505 g/mol. The Kier molecular flexibility index (Phi) is 8.10. The van der Waals surface area contributed by atoms with Gasteiger partial charge in [-0.1, -0.05) is 0 Å². The van der Waals surface area contributed by atoms with Gasteiger partial charge in [0.15, 0.2) is 0 Å². The first-order valence-corrected chi connectivity index (χ1v) is 8.26. The summed E-state index contributed by atoms with van der Waals surface area (Å²) in [4.78, 5) is 21.0. The molecule has 2 N–H and O–H groups in total. The van der Waals surface area contributed by atoms with Gasteiger partial charge in [-0.2, -0.15) is 0 Å². The largest absolute Gasteiger partial charge is 0.573 e. The SMILES string of the molecule is Cc1cc(C(=O)O)ccc1OC(F)(F)F.O=C(O)c1ccc(OC(F)(F)F)c(Br)c1. The van der Waals surface area contributed by atoms with Crippen molar-refractivity contribution in [1.82, 2.24) is 0 Å². The van der Waals surface area contributed by atoms with Crippen molar-refractivity contribution in [1.29, 1.82) is 0 Å². The first-order valence-electron chi connectivity index (χ1n) is 7.47. The Morgan fingerprint density at radius 1 is 0.800 bits per heavy atom. The molecule has 0 aliphatic carbocycles. The molecule has 0 aromatic heterocycles. The zero-order chi connectivity index (χ0) is 23.3. The van der Waals surface area contributed by atoms with Crippen LogP contribution in [0.15, 0.2) is 40.9 Å². The van der Waals surface area contributed by atoms with Gasteiger partial charge in [-0.05, 0) is 64.8 Å². The van der Waals surface area contributed by atoms with Crippen molar-refractivity contribution in [2.75, 3.05) is 0 Å². The highest BCUT2D eigenvalue weighted by Gasteiger charge is 2.32. The summed E-state index contributed by atoms with van der Waals surface area (Å²) in [5.74, 6) is -3.30. The van der Waals surface area contributed by atoms with Crippen LogP contribution in [0.5, 0.6) is 11.5 Å². The van der Waals surface area contributed by atoms with E-state index in [1.807, 2.05) is 0 Å². The number of carbonyl (C=O) groups is 2. The molecule has 0 saturated carbocycles. The van der Waals surface area contributed by atoms with E-state index in [-0.39, 0.29) is 21.2 Å². The molecule has 0 aliphatic heterocycles. The Bertz CT molecular complexity index is 850. The summed E-state index contributed by atoms with van der Waals surface area (Å²) >= 11 is 2.78. The third kappa shape index (κ3) is 8.59. The van der Waals surface area contributed by atoms with E-state index in [2.05, 4.69) is 25.4 Å². The predicted molar refractivity (Wildman–Crippen MR) is 92.6 cm³/mol. The Morgan fingerprint density at radius 2 is 1.20 bits per heavy atom. The fourth-order valence-corrected chi connectivity index (χ4v) is 2.32. The van der Waals surface area contributed by atoms with Gasteiger partial charge in [-0.15, -0.1) is 26.3 Å². The van der Waals surface area contributed by atoms with Crippen LogP contribution in [0.2, 0.25) is 0 Å². The zero-order valence-electron chi connectivity index (χ0n) is 14.6. The predicted octanol–water partition coefficient (Wildman–Crippen LogP) is 5.64. The number of ether oxygens (including phenoxy) is 2. The van der Waals surface area contributed by atoms with E-state index in [1.54, 1.807) is 0 Å². The van der Waals surface area contributed by atoms with Crippen molar-refractivity contribution in [2.45, 2.75) is 19.6 Å². The topological polar surface area (TPSA) is 93.1 Å². The number of carboxylic acids is 2. The highest BCUT2D eigenvalue weighted by Crippen LogP contribution is 2.31. The summed E-state index contributed by atoms with van der Waals surface area (Å²) in [5, 5.41) is 17.1. The van der Waals surface area contributed by atoms with Crippen molar-refractivity contribution in [3.05, 3.63) is 57.6 Å². The van der Waals surface area contributed by atoms with E-state index >= 15 is 0 Å². The molecule has 0 bridgehead atoms. The second kappa shape index (κ2) is 9.69. The number of rotatable bonds is 4. The fourth-order valence-electron chi connectivity index (χ4n) is 1.86. The molecule has 0 amide bonds. The van der Waals surface area contributed by atoms with Crippen molar-refractivity contribution in [3.8, 4) is 11.5 Å². The van der Waals surface area contributed by atoms with Crippen LogP contribution in [0.4, 0.5) is 26.3 Å². The van der Waals surface area contributed by atoms with Crippen LogP contribution in [-0.4, -0.2) is 34.9 Å². The fraction of sp³-hybridized carbons (Fsp3) is 0.176. The van der Waals surface area contributed by atoms with Gasteiger partial charge in [0.2, 0.25) is 0 Å². The zero-order valence-corrected chi connectivity index (χ0v) is 16.2. The van der Waals surface area contributed by atoms with Gasteiger partial charge in [0.1, 0.15) is 11.5 Å². The lowest BCUT2D eigenvalue weighted by Gasteiger charge is -2.11. The summed E-state index contributed by atoms with van der Waals surface area (Å²) in [6.07, 6.45) is -9.57. The monoisotopic (exact) mass is 504 g/mol. The normalized spacial score (nSPS) is 11.2. The Morgan fingerprint density at radius 3 is 1.57 bits per heavy atom. The molecule has 13 heteroatoms. The average Bonchev–Trinajstić information content (AvgIpc) is 2.56. The van der Waals surface area contributed by atoms with E-state index < -0.39 is 36.2 Å². The number of aryl methyl sites for hydroxylation is 1. The molecule has 30 heavy (non-hydrogen) atoms. The maximum atomic E-state index is 11.8. The molecule has 0 heterocycles. The van der Waals surface area contributed by atoms with E-state index in [0.717, 1.165) is 36.4 Å². The minimum Gasteiger partial charge on any atom is -0.478 e. The lowest BCUT2D eigenvalue weighted by Crippen LogP contribution is -2.17. The van der Waals surface area contributed by atoms with Gasteiger partial charge in [0, 0.05) is 0 Å². The number of alkyl halides is 6. The molecule has 2 aromatic carbocycles. The van der Waals surface area contributed by atoms with Crippen LogP contribution in [0.1, 0.15) is 26.3 Å². The van der Waals surface area contributed by atoms with Gasteiger partial charge in [0.05, 0.1) is 15.6 Å². The third-order valence-corrected chi connectivity index (χ3v) is 3.67. The number of hydrogen-bond acceptors (Lipinski definition) is 4. The van der Waals surface area contributed by atoms with Crippen LogP contribution in [0, 0.1) is 6.92 Å². The maximum absolute atomic E-state index is 11.8. The molecule has 0 fully saturated rings. The highest BCUT2D eigenvalue weighted by molar-refractivity contribution is 9.10. The minimum atomic E-state index is -4.80. The van der Waals surface area contributed by atoms with Crippen LogP contribution in [-0.2, 0) is 0 Å². The summed E-state index contributed by atoms with van der Waals surface area (Å²) in [7, 11) is 0. The van der Waals surface area contributed by atoms with Gasteiger partial charge < -0.3 is 19.7 Å². The standard InChI is InChI=1S/C9H7F3O3.C8H4BrF3O3/c1-5-4-6(8(13)14)2-3-7(5)15-9(10,11)12;9-5-3-4(7(13)14)1-2-6(5)15-8(10,11)12/h2-4H,1H3,(H,13,14);1-3H,(H,13,14). The molecule has 0 unspecified atom stereocenters. The smallest absolute Gasteiger partial charge is 0.478 e. The molecule has 0 atom stereocenters. The van der Waals surface area contributed by atoms with Crippen LogP contribution in [0.25, 0.3) is 0 Å². The highest BCUT2D eigenvalue weighted by atomic mass is 79.9. The van der Waals surface area contributed by atoms with Crippen molar-refractivity contribution in [2.24, 2.45) is 0 Å². The minimum absolute atomic E-state index is 0.0697.